The molecule has 0 saturated carbocycles. The third kappa shape index (κ3) is 6.10. The number of ether oxygens (including phenoxy) is 1. The van der Waals surface area contributed by atoms with Gasteiger partial charge in [-0.2, -0.15) is 5.10 Å². The standard InChI is InChI=1S/C26H32N4O4S/c1-7-34-25-11-9-8-10-24(25)29(35(6,32)33)17-26(31)28-27-16-22-15-20(4)30(21(22)5)23-13-12-18(2)14-19(23)3/h8-16H,7,17H2,1-6H3,(H,28,31)/b27-16-. The maximum atomic E-state index is 12.6. The molecule has 0 aliphatic carbocycles. The molecule has 9 heteroatoms. The van der Waals surface area contributed by atoms with Gasteiger partial charge in [-0.05, 0) is 64.4 Å². The summed E-state index contributed by atoms with van der Waals surface area (Å²) in [6.45, 7) is 9.89. The Morgan fingerprint density at radius 2 is 1.83 bits per heavy atom. The highest BCUT2D eigenvalue weighted by atomic mass is 32.2. The van der Waals surface area contributed by atoms with Crippen molar-refractivity contribution in [1.29, 1.82) is 0 Å². The molecule has 3 aromatic rings. The second-order valence-corrected chi connectivity index (χ2v) is 10.3. The molecular weight excluding hydrogens is 464 g/mol. The molecule has 0 fully saturated rings. The third-order valence-electron chi connectivity index (χ3n) is 5.58. The Morgan fingerprint density at radius 3 is 2.49 bits per heavy atom. The molecule has 186 valence electrons. The molecule has 0 aliphatic rings. The first kappa shape index (κ1) is 26.0. The monoisotopic (exact) mass is 496 g/mol. The van der Waals surface area contributed by atoms with Crippen LogP contribution in [0, 0.1) is 27.7 Å². The number of aromatic nitrogens is 1. The zero-order valence-electron chi connectivity index (χ0n) is 21.0. The number of carbonyl (C=O) groups is 1. The van der Waals surface area contributed by atoms with Crippen molar-refractivity contribution in [2.45, 2.75) is 34.6 Å². The number of carbonyl (C=O) groups excluding carboxylic acids is 1. The lowest BCUT2D eigenvalue weighted by molar-refractivity contribution is -0.119. The molecular formula is C26H32N4O4S. The molecule has 0 atom stereocenters. The fourth-order valence-electron chi connectivity index (χ4n) is 4.01. The highest BCUT2D eigenvalue weighted by Crippen LogP contribution is 2.29. The summed E-state index contributed by atoms with van der Waals surface area (Å²) in [7, 11) is -3.74. The van der Waals surface area contributed by atoms with E-state index in [1.807, 2.05) is 19.9 Å². The van der Waals surface area contributed by atoms with Crippen LogP contribution in [0.5, 0.6) is 5.75 Å². The van der Waals surface area contributed by atoms with Crippen LogP contribution in [0.15, 0.2) is 53.6 Å². The summed E-state index contributed by atoms with van der Waals surface area (Å²) in [4.78, 5) is 12.6. The van der Waals surface area contributed by atoms with E-state index < -0.39 is 22.5 Å². The van der Waals surface area contributed by atoms with E-state index in [4.69, 9.17) is 4.74 Å². The Hall–Kier alpha value is -3.59. The van der Waals surface area contributed by atoms with Gasteiger partial charge in [0.1, 0.15) is 12.3 Å². The molecule has 2 aromatic carbocycles. The minimum absolute atomic E-state index is 0.299. The molecule has 0 radical (unpaired) electrons. The van der Waals surface area contributed by atoms with E-state index in [2.05, 4.69) is 47.1 Å². The van der Waals surface area contributed by atoms with Gasteiger partial charge in [0.25, 0.3) is 5.91 Å². The number of benzene rings is 2. The summed E-state index contributed by atoms with van der Waals surface area (Å²) in [6.07, 6.45) is 2.62. The first-order chi connectivity index (χ1) is 16.5. The number of aryl methyl sites for hydroxylation is 3. The van der Waals surface area contributed by atoms with Crippen LogP contribution in [0.1, 0.15) is 35.0 Å². The van der Waals surface area contributed by atoms with Crippen LogP contribution in [0.4, 0.5) is 5.69 Å². The van der Waals surface area contributed by atoms with Crippen molar-refractivity contribution in [2.24, 2.45) is 5.10 Å². The van der Waals surface area contributed by atoms with E-state index in [9.17, 15) is 13.2 Å². The Balaban J connectivity index is 1.78. The number of nitrogens with one attached hydrogen (secondary N) is 1. The molecule has 0 saturated heterocycles. The van der Waals surface area contributed by atoms with Crippen molar-refractivity contribution >= 4 is 27.8 Å². The van der Waals surface area contributed by atoms with Crippen LogP contribution >= 0.6 is 0 Å². The lowest BCUT2D eigenvalue weighted by Crippen LogP contribution is -2.39. The highest BCUT2D eigenvalue weighted by Gasteiger charge is 2.23. The number of rotatable bonds is 9. The smallest absolute Gasteiger partial charge is 0.260 e. The average Bonchev–Trinajstić information content (AvgIpc) is 3.05. The van der Waals surface area contributed by atoms with Crippen LogP contribution in [0.2, 0.25) is 0 Å². The fraction of sp³-hybridized carbons (Fsp3) is 0.308. The van der Waals surface area contributed by atoms with Gasteiger partial charge < -0.3 is 9.30 Å². The quantitative estimate of drug-likeness (QED) is 0.358. The normalized spacial score (nSPS) is 11.6. The molecule has 35 heavy (non-hydrogen) atoms. The summed E-state index contributed by atoms with van der Waals surface area (Å²) in [6, 6.07) is 15.0. The minimum atomic E-state index is -3.74. The Labute approximate surface area is 207 Å². The van der Waals surface area contributed by atoms with Crippen molar-refractivity contribution in [1.82, 2.24) is 9.99 Å². The molecule has 0 bridgehead atoms. The van der Waals surface area contributed by atoms with Crippen molar-refractivity contribution < 1.29 is 17.9 Å². The van der Waals surface area contributed by atoms with Gasteiger partial charge in [0, 0.05) is 22.6 Å². The van der Waals surface area contributed by atoms with Gasteiger partial charge in [-0.25, -0.2) is 13.8 Å². The number of hydrogen-bond donors (Lipinski definition) is 1. The van der Waals surface area contributed by atoms with Gasteiger partial charge >= 0.3 is 0 Å². The van der Waals surface area contributed by atoms with Crippen molar-refractivity contribution in [3.05, 3.63) is 76.6 Å². The summed E-state index contributed by atoms with van der Waals surface area (Å²) >= 11 is 0. The summed E-state index contributed by atoms with van der Waals surface area (Å²) in [5.41, 5.74) is 9.07. The minimum Gasteiger partial charge on any atom is -0.492 e. The van der Waals surface area contributed by atoms with Crippen LogP contribution in [0.3, 0.4) is 0 Å². The van der Waals surface area contributed by atoms with E-state index in [1.54, 1.807) is 37.4 Å². The van der Waals surface area contributed by atoms with Gasteiger partial charge in [0.05, 0.1) is 24.8 Å². The van der Waals surface area contributed by atoms with E-state index in [0.717, 1.165) is 38.8 Å². The predicted octanol–water partition coefficient (Wildman–Crippen LogP) is 4.03. The largest absolute Gasteiger partial charge is 0.492 e. The molecule has 1 aromatic heterocycles. The van der Waals surface area contributed by atoms with Crippen molar-refractivity contribution in [2.75, 3.05) is 23.7 Å². The van der Waals surface area contributed by atoms with E-state index in [0.29, 0.717) is 18.0 Å². The van der Waals surface area contributed by atoms with Gasteiger partial charge in [-0.3, -0.25) is 9.10 Å². The third-order valence-corrected chi connectivity index (χ3v) is 6.70. The van der Waals surface area contributed by atoms with Crippen LogP contribution < -0.4 is 14.5 Å². The number of para-hydroxylation sites is 2. The van der Waals surface area contributed by atoms with Gasteiger partial charge in [-0.1, -0.05) is 29.8 Å². The molecule has 1 heterocycles. The Morgan fingerprint density at radius 1 is 1.11 bits per heavy atom. The first-order valence-corrected chi connectivity index (χ1v) is 13.2. The summed E-state index contributed by atoms with van der Waals surface area (Å²) < 4.78 is 33.6. The number of sulfonamides is 1. The summed E-state index contributed by atoms with van der Waals surface area (Å²) in [5, 5.41) is 4.08. The fourth-order valence-corrected chi connectivity index (χ4v) is 4.87. The summed E-state index contributed by atoms with van der Waals surface area (Å²) in [5.74, 6) is -0.184. The molecule has 0 aliphatic heterocycles. The van der Waals surface area contributed by atoms with Crippen molar-refractivity contribution in [3.8, 4) is 11.4 Å². The molecule has 0 unspecified atom stereocenters. The lowest BCUT2D eigenvalue weighted by atomic mass is 10.1. The maximum absolute atomic E-state index is 12.6. The SMILES string of the molecule is CCOc1ccccc1N(CC(=O)N/N=C\c1cc(C)n(-c2ccc(C)cc2C)c1C)S(C)(=O)=O. The lowest BCUT2D eigenvalue weighted by Gasteiger charge is -2.23. The average molecular weight is 497 g/mol. The van der Waals surface area contributed by atoms with Gasteiger partial charge in [0.15, 0.2) is 0 Å². The number of hydrazone groups is 1. The Kier molecular flexibility index (Phi) is 8.01. The molecule has 8 nitrogen and oxygen atoms in total. The van der Waals surface area contributed by atoms with Crippen LogP contribution in [0.25, 0.3) is 5.69 Å². The Bertz CT molecular complexity index is 1360. The highest BCUT2D eigenvalue weighted by molar-refractivity contribution is 7.92. The first-order valence-electron chi connectivity index (χ1n) is 11.3. The van der Waals surface area contributed by atoms with E-state index >= 15 is 0 Å². The zero-order valence-corrected chi connectivity index (χ0v) is 21.8. The van der Waals surface area contributed by atoms with Crippen molar-refractivity contribution in [3.63, 3.8) is 0 Å². The number of amides is 1. The maximum Gasteiger partial charge on any atom is 0.260 e. The van der Waals surface area contributed by atoms with Gasteiger partial charge in [-0.15, -0.1) is 0 Å². The van der Waals surface area contributed by atoms with Crippen LogP contribution in [-0.4, -0.2) is 44.5 Å². The second-order valence-electron chi connectivity index (χ2n) is 8.42. The van der Waals surface area contributed by atoms with Gasteiger partial charge in [0.2, 0.25) is 10.0 Å². The van der Waals surface area contributed by atoms with E-state index in [-0.39, 0.29) is 0 Å². The molecule has 3 rings (SSSR count). The number of anilines is 1. The predicted molar refractivity (Wildman–Crippen MR) is 140 cm³/mol. The van der Waals surface area contributed by atoms with Crippen LogP contribution in [-0.2, 0) is 14.8 Å². The molecule has 1 amide bonds. The second kappa shape index (κ2) is 10.8. The topological polar surface area (TPSA) is 93.0 Å². The number of nitrogens with zero attached hydrogens (tertiary/aromatic N) is 3. The molecule has 1 N–H and O–H groups in total. The van der Waals surface area contributed by atoms with E-state index in [1.165, 1.54) is 5.56 Å². The zero-order chi connectivity index (χ0) is 25.8. The number of hydrogen-bond acceptors (Lipinski definition) is 5. The molecule has 0 spiro atoms.